The van der Waals surface area contributed by atoms with Gasteiger partial charge in [0.15, 0.2) is 5.82 Å². The molecule has 0 fully saturated rings. The Hall–Kier alpha value is -2.54. The van der Waals surface area contributed by atoms with Crippen molar-refractivity contribution in [3.63, 3.8) is 0 Å². The van der Waals surface area contributed by atoms with E-state index in [2.05, 4.69) is 10.2 Å². The topological polar surface area (TPSA) is 66.0 Å². The minimum absolute atomic E-state index is 0.339. The molecule has 3 rings (SSSR count). The van der Waals surface area contributed by atoms with Crippen molar-refractivity contribution >= 4 is 11.8 Å². The summed E-state index contributed by atoms with van der Waals surface area (Å²) in [5, 5.41) is 8.68. The lowest BCUT2D eigenvalue weighted by molar-refractivity contribution is 0.411. The van der Waals surface area contributed by atoms with E-state index in [0.29, 0.717) is 22.3 Å². The number of methoxy groups -OCH3 is 1. The number of halogens is 1. The van der Waals surface area contributed by atoms with E-state index in [9.17, 15) is 4.39 Å². The fourth-order valence-electron chi connectivity index (χ4n) is 2.16. The van der Waals surface area contributed by atoms with Crippen molar-refractivity contribution in [1.29, 1.82) is 0 Å². The van der Waals surface area contributed by atoms with Crippen molar-refractivity contribution in [1.82, 2.24) is 14.9 Å². The van der Waals surface area contributed by atoms with E-state index >= 15 is 0 Å². The van der Waals surface area contributed by atoms with Gasteiger partial charge in [-0.2, -0.15) is 0 Å². The average molecular weight is 330 g/mol. The van der Waals surface area contributed by atoms with Crippen LogP contribution in [-0.2, 0) is 5.75 Å². The van der Waals surface area contributed by atoms with Gasteiger partial charge in [0.1, 0.15) is 11.6 Å². The van der Waals surface area contributed by atoms with Gasteiger partial charge in [-0.25, -0.2) is 9.07 Å². The van der Waals surface area contributed by atoms with Gasteiger partial charge in [-0.3, -0.25) is 0 Å². The number of aromatic nitrogens is 3. The Morgan fingerprint density at radius 2 is 2.00 bits per heavy atom. The first-order valence-electron chi connectivity index (χ1n) is 6.90. The summed E-state index contributed by atoms with van der Waals surface area (Å²) >= 11 is 1.44. The summed E-state index contributed by atoms with van der Waals surface area (Å²) in [5.41, 5.74) is 1.62. The third-order valence-corrected chi connectivity index (χ3v) is 4.29. The first-order valence-corrected chi connectivity index (χ1v) is 7.88. The molecule has 118 valence electrons. The normalized spacial score (nSPS) is 10.7. The van der Waals surface area contributed by atoms with Crippen molar-refractivity contribution in [2.75, 3.05) is 13.0 Å². The molecule has 23 heavy (non-hydrogen) atoms. The molecular formula is C16H15FN4OS. The zero-order valence-corrected chi connectivity index (χ0v) is 13.3. The maximum Gasteiger partial charge on any atom is 0.210 e. The number of benzene rings is 2. The summed E-state index contributed by atoms with van der Waals surface area (Å²) in [4.78, 5) is 0. The summed E-state index contributed by atoms with van der Waals surface area (Å²) in [7, 11) is 1.64. The van der Waals surface area contributed by atoms with E-state index in [0.717, 1.165) is 11.3 Å². The summed E-state index contributed by atoms with van der Waals surface area (Å²) in [6, 6.07) is 13.9. The lowest BCUT2D eigenvalue weighted by Crippen LogP contribution is -2.11. The van der Waals surface area contributed by atoms with Crippen LogP contribution in [0.1, 0.15) is 5.56 Å². The summed E-state index contributed by atoms with van der Waals surface area (Å²) in [6.07, 6.45) is 0. The summed E-state index contributed by atoms with van der Waals surface area (Å²) < 4.78 is 20.0. The quantitative estimate of drug-likeness (QED) is 0.575. The number of nitrogens with two attached hydrogens (primary N) is 1. The third kappa shape index (κ3) is 3.29. The Morgan fingerprint density at radius 3 is 2.78 bits per heavy atom. The molecule has 0 bridgehead atoms. The van der Waals surface area contributed by atoms with Crippen LogP contribution in [0.15, 0.2) is 53.7 Å². The zero-order chi connectivity index (χ0) is 16.2. The van der Waals surface area contributed by atoms with E-state index in [4.69, 9.17) is 10.6 Å². The number of hydrogen-bond acceptors (Lipinski definition) is 5. The second-order valence-electron chi connectivity index (χ2n) is 4.79. The molecule has 0 atom stereocenters. The average Bonchev–Trinajstić information content (AvgIpc) is 2.94. The number of para-hydroxylation sites is 1. The lowest BCUT2D eigenvalue weighted by atomic mass is 10.2. The minimum Gasteiger partial charge on any atom is -0.496 e. The second-order valence-corrected chi connectivity index (χ2v) is 5.73. The molecule has 0 amide bonds. The van der Waals surface area contributed by atoms with Crippen LogP contribution in [0.2, 0.25) is 0 Å². The molecule has 0 saturated heterocycles. The Kier molecular flexibility index (Phi) is 4.47. The highest BCUT2D eigenvalue weighted by molar-refractivity contribution is 7.98. The van der Waals surface area contributed by atoms with Crippen LogP contribution in [0, 0.1) is 5.82 Å². The Balaban J connectivity index is 1.80. The molecule has 0 radical (unpaired) electrons. The van der Waals surface area contributed by atoms with Gasteiger partial charge >= 0.3 is 0 Å². The molecule has 0 unspecified atom stereocenters. The van der Waals surface area contributed by atoms with E-state index in [1.54, 1.807) is 19.2 Å². The molecule has 0 aliphatic carbocycles. The van der Waals surface area contributed by atoms with Crippen LogP contribution in [-0.4, -0.2) is 22.0 Å². The summed E-state index contributed by atoms with van der Waals surface area (Å²) in [5.74, 6) is 7.58. The highest BCUT2D eigenvalue weighted by Crippen LogP contribution is 2.28. The standard InChI is InChI=1S/C16H15FN4OS/c1-22-14-8-3-2-5-12(14)10-23-16-20-19-15(21(16)18)11-6-4-7-13(17)9-11/h2-9H,10,18H2,1H3. The Labute approximate surface area is 137 Å². The number of thioether (sulfide) groups is 1. The fraction of sp³-hybridized carbons (Fsp3) is 0.125. The maximum absolute atomic E-state index is 13.3. The minimum atomic E-state index is -0.339. The fourth-order valence-corrected chi connectivity index (χ4v) is 3.01. The SMILES string of the molecule is COc1ccccc1CSc1nnc(-c2cccc(F)c2)n1N. The zero-order valence-electron chi connectivity index (χ0n) is 12.4. The summed E-state index contributed by atoms with van der Waals surface area (Å²) in [6.45, 7) is 0. The van der Waals surface area contributed by atoms with Crippen molar-refractivity contribution in [3.8, 4) is 17.1 Å². The maximum atomic E-state index is 13.3. The predicted molar refractivity (Wildman–Crippen MR) is 88.1 cm³/mol. The van der Waals surface area contributed by atoms with E-state index < -0.39 is 0 Å². The molecule has 7 heteroatoms. The van der Waals surface area contributed by atoms with Gasteiger partial charge in [0.05, 0.1) is 7.11 Å². The van der Waals surface area contributed by atoms with Gasteiger partial charge in [0.25, 0.3) is 0 Å². The number of nitrogens with zero attached hydrogens (tertiary/aromatic N) is 3. The molecule has 0 aliphatic rings. The molecule has 3 aromatic rings. The van der Waals surface area contributed by atoms with E-state index in [1.807, 2.05) is 24.3 Å². The number of ether oxygens (including phenoxy) is 1. The van der Waals surface area contributed by atoms with Crippen LogP contribution in [0.3, 0.4) is 0 Å². The van der Waals surface area contributed by atoms with Crippen LogP contribution in [0.4, 0.5) is 4.39 Å². The van der Waals surface area contributed by atoms with Crippen LogP contribution < -0.4 is 10.6 Å². The Morgan fingerprint density at radius 1 is 1.17 bits per heavy atom. The van der Waals surface area contributed by atoms with Crippen molar-refractivity contribution in [2.45, 2.75) is 10.9 Å². The van der Waals surface area contributed by atoms with Gasteiger partial charge in [-0.05, 0) is 18.2 Å². The smallest absolute Gasteiger partial charge is 0.210 e. The van der Waals surface area contributed by atoms with E-state index in [-0.39, 0.29) is 5.82 Å². The Bertz CT molecular complexity index is 821. The monoisotopic (exact) mass is 330 g/mol. The highest BCUT2D eigenvalue weighted by atomic mass is 32.2. The molecule has 0 saturated carbocycles. The highest BCUT2D eigenvalue weighted by Gasteiger charge is 2.13. The van der Waals surface area contributed by atoms with Crippen LogP contribution in [0.25, 0.3) is 11.4 Å². The van der Waals surface area contributed by atoms with Crippen LogP contribution in [0.5, 0.6) is 5.75 Å². The second kappa shape index (κ2) is 6.70. The molecule has 1 heterocycles. The van der Waals surface area contributed by atoms with Gasteiger partial charge < -0.3 is 10.6 Å². The molecule has 2 N–H and O–H groups in total. The molecule has 0 spiro atoms. The predicted octanol–water partition coefficient (Wildman–Crippen LogP) is 3.10. The van der Waals surface area contributed by atoms with E-state index in [1.165, 1.54) is 28.6 Å². The first kappa shape index (κ1) is 15.4. The van der Waals surface area contributed by atoms with Gasteiger partial charge in [0, 0.05) is 16.9 Å². The molecule has 0 aliphatic heterocycles. The largest absolute Gasteiger partial charge is 0.496 e. The third-order valence-electron chi connectivity index (χ3n) is 3.30. The van der Waals surface area contributed by atoms with Gasteiger partial charge in [-0.1, -0.05) is 42.1 Å². The number of rotatable bonds is 5. The number of hydrogen-bond donors (Lipinski definition) is 1. The van der Waals surface area contributed by atoms with Gasteiger partial charge in [-0.15, -0.1) is 10.2 Å². The molecule has 1 aromatic heterocycles. The first-order chi connectivity index (χ1) is 11.2. The number of nitrogen functional groups attached to an aromatic ring is 1. The van der Waals surface area contributed by atoms with Crippen molar-refractivity contribution in [3.05, 3.63) is 59.9 Å². The van der Waals surface area contributed by atoms with Crippen LogP contribution >= 0.6 is 11.8 Å². The molecule has 2 aromatic carbocycles. The molecule has 5 nitrogen and oxygen atoms in total. The molecular weight excluding hydrogens is 315 g/mol. The van der Waals surface area contributed by atoms with Gasteiger partial charge in [0.2, 0.25) is 5.16 Å². The van der Waals surface area contributed by atoms with Crippen molar-refractivity contribution < 1.29 is 9.13 Å². The van der Waals surface area contributed by atoms with Crippen molar-refractivity contribution in [2.24, 2.45) is 0 Å². The lowest BCUT2D eigenvalue weighted by Gasteiger charge is -2.07.